The minimum absolute atomic E-state index is 0.00988. The van der Waals surface area contributed by atoms with Crippen LogP contribution in [-0.2, 0) is 4.79 Å². The number of carbonyl (C=O) groups excluding carboxylic acids is 1. The number of anilines is 1. The zero-order valence-electron chi connectivity index (χ0n) is 14.7. The quantitative estimate of drug-likeness (QED) is 0.563. The van der Waals surface area contributed by atoms with Crippen molar-refractivity contribution in [3.8, 4) is 11.3 Å². The molecular formula is C21H15ClFNO4. The van der Waals surface area contributed by atoms with Crippen molar-refractivity contribution in [2.75, 3.05) is 5.32 Å². The maximum absolute atomic E-state index is 13.3. The Balaban J connectivity index is 1.71. The van der Waals surface area contributed by atoms with Crippen LogP contribution in [0.25, 0.3) is 17.4 Å². The topological polar surface area (TPSA) is 79.5 Å². The van der Waals surface area contributed by atoms with Gasteiger partial charge in [0, 0.05) is 17.3 Å². The predicted octanol–water partition coefficient (Wildman–Crippen LogP) is 5.40. The van der Waals surface area contributed by atoms with Crippen LogP contribution < -0.4 is 5.32 Å². The molecule has 0 saturated heterocycles. The Kier molecular flexibility index (Phi) is 5.61. The van der Waals surface area contributed by atoms with E-state index >= 15 is 0 Å². The number of nitrogens with one attached hydrogen (secondary N) is 1. The molecule has 2 N–H and O–H groups in total. The summed E-state index contributed by atoms with van der Waals surface area (Å²) in [5, 5.41) is 11.7. The maximum Gasteiger partial charge on any atom is 0.335 e. The first-order chi connectivity index (χ1) is 13.3. The van der Waals surface area contributed by atoms with Gasteiger partial charge in [0.1, 0.15) is 17.3 Å². The first-order valence-electron chi connectivity index (χ1n) is 8.22. The molecule has 3 rings (SSSR count). The fraction of sp³-hybridized carbons (Fsp3) is 0.0476. The number of hydrogen-bond acceptors (Lipinski definition) is 3. The number of halogens is 2. The number of rotatable bonds is 5. The summed E-state index contributed by atoms with van der Waals surface area (Å²) in [6, 6.07) is 12.1. The lowest BCUT2D eigenvalue weighted by atomic mass is 10.1. The number of benzene rings is 2. The molecule has 28 heavy (non-hydrogen) atoms. The molecule has 1 heterocycles. The average Bonchev–Trinajstić information content (AvgIpc) is 3.13. The number of carboxylic acids is 1. The zero-order valence-corrected chi connectivity index (χ0v) is 15.5. The normalized spacial score (nSPS) is 11.0. The molecule has 0 atom stereocenters. The first kappa shape index (κ1) is 19.4. The van der Waals surface area contributed by atoms with Crippen molar-refractivity contribution in [2.24, 2.45) is 0 Å². The summed E-state index contributed by atoms with van der Waals surface area (Å²) in [5.41, 5.74) is 1.84. The number of carbonyl (C=O) groups is 2. The van der Waals surface area contributed by atoms with Gasteiger partial charge in [0.25, 0.3) is 0 Å². The van der Waals surface area contributed by atoms with Gasteiger partial charge in [0.05, 0.1) is 10.6 Å². The van der Waals surface area contributed by atoms with Gasteiger partial charge in [-0.3, -0.25) is 4.79 Å². The van der Waals surface area contributed by atoms with E-state index in [2.05, 4.69) is 5.32 Å². The largest absolute Gasteiger partial charge is 0.478 e. The number of hydrogen-bond donors (Lipinski definition) is 2. The number of furan rings is 1. The van der Waals surface area contributed by atoms with Crippen LogP contribution in [0.15, 0.2) is 59.0 Å². The molecule has 142 valence electrons. The highest BCUT2D eigenvalue weighted by molar-refractivity contribution is 6.31. The Morgan fingerprint density at radius 2 is 1.93 bits per heavy atom. The van der Waals surface area contributed by atoms with E-state index in [9.17, 15) is 14.0 Å². The summed E-state index contributed by atoms with van der Waals surface area (Å²) in [6.07, 6.45) is 2.74. The highest BCUT2D eigenvalue weighted by atomic mass is 35.5. The van der Waals surface area contributed by atoms with Gasteiger partial charge in [-0.2, -0.15) is 0 Å². The fourth-order valence-electron chi connectivity index (χ4n) is 2.47. The monoisotopic (exact) mass is 399 g/mol. The lowest BCUT2D eigenvalue weighted by molar-refractivity contribution is -0.111. The second-order valence-electron chi connectivity index (χ2n) is 5.99. The highest BCUT2D eigenvalue weighted by Gasteiger charge is 2.09. The van der Waals surface area contributed by atoms with Crippen molar-refractivity contribution in [3.63, 3.8) is 0 Å². The molecule has 2 aromatic carbocycles. The van der Waals surface area contributed by atoms with Crippen LogP contribution in [0.5, 0.6) is 0 Å². The lowest BCUT2D eigenvalue weighted by Gasteiger charge is -2.07. The molecule has 0 aliphatic carbocycles. The molecule has 5 nitrogen and oxygen atoms in total. The van der Waals surface area contributed by atoms with E-state index < -0.39 is 17.7 Å². The second-order valence-corrected chi connectivity index (χ2v) is 6.40. The predicted molar refractivity (Wildman–Crippen MR) is 105 cm³/mol. The van der Waals surface area contributed by atoms with E-state index in [1.165, 1.54) is 36.4 Å². The lowest BCUT2D eigenvalue weighted by Crippen LogP contribution is -2.10. The molecule has 0 bridgehead atoms. The fourth-order valence-corrected chi connectivity index (χ4v) is 2.65. The van der Waals surface area contributed by atoms with Gasteiger partial charge in [0.15, 0.2) is 0 Å². The number of aromatic carboxylic acids is 1. The molecule has 0 spiro atoms. The highest BCUT2D eigenvalue weighted by Crippen LogP contribution is 2.27. The van der Waals surface area contributed by atoms with Gasteiger partial charge in [-0.15, -0.1) is 0 Å². The SMILES string of the molecule is Cc1ccc(C(=O)O)cc1NC(=O)/C=C/c1ccc(-c2ccc(F)c(Cl)c2)o1. The van der Waals surface area contributed by atoms with E-state index in [-0.39, 0.29) is 10.6 Å². The van der Waals surface area contributed by atoms with Crippen LogP contribution in [0.4, 0.5) is 10.1 Å². The molecule has 7 heteroatoms. The molecule has 0 aliphatic rings. The number of carboxylic acid groups (broad SMARTS) is 1. The molecule has 0 unspecified atom stereocenters. The molecule has 0 fully saturated rings. The van der Waals surface area contributed by atoms with Crippen molar-refractivity contribution in [3.05, 3.63) is 82.3 Å². The van der Waals surface area contributed by atoms with E-state index in [1.807, 2.05) is 0 Å². The van der Waals surface area contributed by atoms with Crippen molar-refractivity contribution >= 4 is 35.2 Å². The standard InChI is InChI=1S/C21H15ClFNO4/c1-12-2-3-14(21(26)27)11-18(12)24-20(25)9-6-15-5-8-19(28-15)13-4-7-17(23)16(22)10-13/h2-11H,1H3,(H,24,25)(H,26,27)/b9-6+. The van der Waals surface area contributed by atoms with Crippen LogP contribution in [-0.4, -0.2) is 17.0 Å². The molecule has 0 aliphatic heterocycles. The molecule has 3 aromatic rings. The van der Waals surface area contributed by atoms with Crippen LogP contribution in [0, 0.1) is 12.7 Å². The smallest absolute Gasteiger partial charge is 0.335 e. The molecular weight excluding hydrogens is 385 g/mol. The molecule has 0 radical (unpaired) electrons. The summed E-state index contributed by atoms with van der Waals surface area (Å²) >= 11 is 5.77. The molecule has 1 aromatic heterocycles. The van der Waals surface area contributed by atoms with Gasteiger partial charge in [0.2, 0.25) is 5.91 Å². The summed E-state index contributed by atoms with van der Waals surface area (Å²) in [4.78, 5) is 23.2. The summed E-state index contributed by atoms with van der Waals surface area (Å²) in [6.45, 7) is 1.76. The third-order valence-corrected chi connectivity index (χ3v) is 4.26. The van der Waals surface area contributed by atoms with E-state index in [1.54, 1.807) is 31.2 Å². The van der Waals surface area contributed by atoms with E-state index in [4.69, 9.17) is 21.1 Å². The van der Waals surface area contributed by atoms with Gasteiger partial charge in [-0.1, -0.05) is 17.7 Å². The van der Waals surface area contributed by atoms with Crippen LogP contribution in [0.2, 0.25) is 5.02 Å². The van der Waals surface area contributed by atoms with Gasteiger partial charge < -0.3 is 14.8 Å². The van der Waals surface area contributed by atoms with Crippen molar-refractivity contribution in [1.82, 2.24) is 0 Å². The number of amides is 1. The van der Waals surface area contributed by atoms with Gasteiger partial charge in [-0.05, 0) is 61.0 Å². The Morgan fingerprint density at radius 3 is 2.64 bits per heavy atom. The number of aryl methyl sites for hydroxylation is 1. The third-order valence-electron chi connectivity index (χ3n) is 3.97. The molecule has 1 amide bonds. The minimum Gasteiger partial charge on any atom is -0.478 e. The van der Waals surface area contributed by atoms with E-state index in [0.29, 0.717) is 22.8 Å². The van der Waals surface area contributed by atoms with Crippen molar-refractivity contribution in [1.29, 1.82) is 0 Å². The van der Waals surface area contributed by atoms with E-state index in [0.717, 1.165) is 5.56 Å². The van der Waals surface area contributed by atoms with Crippen LogP contribution in [0.3, 0.4) is 0 Å². The van der Waals surface area contributed by atoms with Crippen LogP contribution in [0.1, 0.15) is 21.7 Å². The average molecular weight is 400 g/mol. The Bertz CT molecular complexity index is 1090. The van der Waals surface area contributed by atoms with Crippen LogP contribution >= 0.6 is 11.6 Å². The van der Waals surface area contributed by atoms with Crippen molar-refractivity contribution in [2.45, 2.75) is 6.92 Å². The Morgan fingerprint density at radius 1 is 1.14 bits per heavy atom. The van der Waals surface area contributed by atoms with Gasteiger partial charge in [-0.25, -0.2) is 9.18 Å². The first-order valence-corrected chi connectivity index (χ1v) is 8.59. The summed E-state index contributed by atoms with van der Waals surface area (Å²) < 4.78 is 18.9. The Labute approximate surface area is 165 Å². The summed E-state index contributed by atoms with van der Waals surface area (Å²) in [7, 11) is 0. The second kappa shape index (κ2) is 8.10. The molecule has 0 saturated carbocycles. The maximum atomic E-state index is 13.3. The minimum atomic E-state index is -1.07. The Hall–Kier alpha value is -3.38. The zero-order chi connectivity index (χ0) is 20.3. The van der Waals surface area contributed by atoms with Crippen molar-refractivity contribution < 1.29 is 23.5 Å². The summed E-state index contributed by atoms with van der Waals surface area (Å²) in [5.74, 6) is -1.13. The van der Waals surface area contributed by atoms with Gasteiger partial charge >= 0.3 is 5.97 Å². The third kappa shape index (κ3) is 4.47.